The molecule has 5 nitrogen and oxygen atoms in total. The van der Waals surface area contributed by atoms with E-state index in [9.17, 15) is 4.79 Å². The summed E-state index contributed by atoms with van der Waals surface area (Å²) in [7, 11) is 0. The summed E-state index contributed by atoms with van der Waals surface area (Å²) in [6, 6.07) is 13.8. The zero-order valence-electron chi connectivity index (χ0n) is 19.0. The molecule has 1 unspecified atom stereocenters. The van der Waals surface area contributed by atoms with Gasteiger partial charge in [-0.15, -0.1) is 0 Å². The third-order valence-electron chi connectivity index (χ3n) is 5.86. The first kappa shape index (κ1) is 23.4. The van der Waals surface area contributed by atoms with Crippen molar-refractivity contribution >= 4 is 40.3 Å². The molecule has 7 heteroatoms. The van der Waals surface area contributed by atoms with Gasteiger partial charge in [0.15, 0.2) is 0 Å². The largest absolute Gasteiger partial charge is 0.293 e. The summed E-state index contributed by atoms with van der Waals surface area (Å²) in [5.74, 6) is 0.466. The molecule has 3 aromatic rings. The van der Waals surface area contributed by atoms with Gasteiger partial charge in [-0.2, -0.15) is 5.10 Å². The summed E-state index contributed by atoms with van der Waals surface area (Å²) in [4.78, 5) is 19.8. The van der Waals surface area contributed by atoms with E-state index >= 15 is 0 Å². The van der Waals surface area contributed by atoms with Crippen LogP contribution < -0.4 is 0 Å². The second-order valence-electron chi connectivity index (χ2n) is 8.16. The van der Waals surface area contributed by atoms with Crippen LogP contribution in [-0.2, 0) is 4.79 Å². The van der Waals surface area contributed by atoms with E-state index in [1.165, 1.54) is 18.2 Å². The van der Waals surface area contributed by atoms with E-state index in [2.05, 4.69) is 18.8 Å². The lowest BCUT2D eigenvalue weighted by Crippen LogP contribution is -2.33. The van der Waals surface area contributed by atoms with Gasteiger partial charge in [0.25, 0.3) is 5.91 Å². The van der Waals surface area contributed by atoms with Gasteiger partial charge in [-0.05, 0) is 42.7 Å². The zero-order chi connectivity index (χ0) is 23.2. The summed E-state index contributed by atoms with van der Waals surface area (Å²) >= 11 is 6.98. The van der Waals surface area contributed by atoms with E-state index in [-0.39, 0.29) is 5.91 Å². The molecule has 2 aromatic heterocycles. The van der Waals surface area contributed by atoms with E-state index in [0.717, 1.165) is 41.8 Å². The van der Waals surface area contributed by atoms with Gasteiger partial charge in [-0.1, -0.05) is 75.3 Å². The Bertz CT molecular complexity index is 1140. The molecule has 170 valence electrons. The number of pyridine rings is 1. The molecule has 1 aliphatic heterocycles. The average molecular weight is 477 g/mol. The van der Waals surface area contributed by atoms with Crippen molar-refractivity contribution in [1.82, 2.24) is 19.7 Å². The van der Waals surface area contributed by atoms with Gasteiger partial charge in [0.05, 0.1) is 10.6 Å². The average Bonchev–Trinajstić information content (AvgIpc) is 3.39. The number of thiocarbonyl (C=S) groups is 1. The highest BCUT2D eigenvalue weighted by Gasteiger charge is 2.33. The molecule has 1 amide bonds. The number of hydrogen-bond donors (Lipinski definition) is 0. The monoisotopic (exact) mass is 476 g/mol. The Morgan fingerprint density at radius 2 is 1.88 bits per heavy atom. The zero-order valence-corrected chi connectivity index (χ0v) is 20.6. The molecule has 0 aliphatic carbocycles. The minimum Gasteiger partial charge on any atom is -0.293 e. The van der Waals surface area contributed by atoms with Crippen molar-refractivity contribution < 1.29 is 4.79 Å². The minimum absolute atomic E-state index is 0.00640. The first-order chi connectivity index (χ1) is 16.1. The van der Waals surface area contributed by atoms with Crippen LogP contribution in [0.1, 0.15) is 45.1 Å². The quantitative estimate of drug-likeness (QED) is 0.266. The fraction of sp³-hybridized carbons (Fsp3) is 0.308. The lowest BCUT2D eigenvalue weighted by Gasteiger charge is -2.21. The summed E-state index contributed by atoms with van der Waals surface area (Å²) < 4.78 is 2.49. The standard InChI is InChI=1S/C26H28N4OS2/c1-3-5-9-19(4-2)17-29-25(31)23(33-26(29)32)16-21-18-30(22-10-7-6-8-11-22)28-24(21)20-12-14-27-15-13-20/h6-8,10-16,18-19H,3-5,9,17H2,1-2H3/b23-16-. The molecular weight excluding hydrogens is 448 g/mol. The van der Waals surface area contributed by atoms with Crippen molar-refractivity contribution in [2.24, 2.45) is 5.92 Å². The fourth-order valence-corrected chi connectivity index (χ4v) is 5.18. The highest BCUT2D eigenvalue weighted by Crippen LogP contribution is 2.35. The molecule has 0 radical (unpaired) electrons. The molecule has 1 aromatic carbocycles. The molecule has 1 atom stereocenters. The Hall–Kier alpha value is -2.77. The summed E-state index contributed by atoms with van der Waals surface area (Å²) in [5, 5.41) is 4.83. The molecule has 1 fully saturated rings. The van der Waals surface area contributed by atoms with Crippen LogP contribution in [0.3, 0.4) is 0 Å². The minimum atomic E-state index is -0.00640. The van der Waals surface area contributed by atoms with Gasteiger partial charge in [0.2, 0.25) is 0 Å². The van der Waals surface area contributed by atoms with E-state index in [0.29, 0.717) is 21.7 Å². The molecule has 0 saturated carbocycles. The van der Waals surface area contributed by atoms with E-state index in [1.807, 2.05) is 59.4 Å². The van der Waals surface area contributed by atoms with Gasteiger partial charge in [0, 0.05) is 36.3 Å². The topological polar surface area (TPSA) is 51.0 Å². The number of nitrogens with zero attached hydrogens (tertiary/aromatic N) is 4. The van der Waals surface area contributed by atoms with Crippen LogP contribution in [-0.4, -0.2) is 36.4 Å². The Labute approximate surface area is 204 Å². The summed E-state index contributed by atoms with van der Waals surface area (Å²) in [6.07, 6.45) is 11.9. The van der Waals surface area contributed by atoms with Crippen molar-refractivity contribution in [1.29, 1.82) is 0 Å². The molecule has 0 spiro atoms. The lowest BCUT2D eigenvalue weighted by molar-refractivity contribution is -0.122. The lowest BCUT2D eigenvalue weighted by atomic mass is 9.99. The van der Waals surface area contributed by atoms with Crippen LogP contribution in [0.5, 0.6) is 0 Å². The summed E-state index contributed by atoms with van der Waals surface area (Å²) in [5.41, 5.74) is 3.60. The molecule has 1 saturated heterocycles. The van der Waals surface area contributed by atoms with Crippen LogP contribution in [0.25, 0.3) is 23.0 Å². The van der Waals surface area contributed by atoms with Crippen molar-refractivity contribution in [3.8, 4) is 16.9 Å². The van der Waals surface area contributed by atoms with Crippen LogP contribution in [0.4, 0.5) is 0 Å². The molecule has 0 bridgehead atoms. The van der Waals surface area contributed by atoms with Gasteiger partial charge in [-0.3, -0.25) is 14.7 Å². The van der Waals surface area contributed by atoms with Crippen molar-refractivity contribution in [3.05, 3.63) is 71.5 Å². The highest BCUT2D eigenvalue weighted by molar-refractivity contribution is 8.26. The normalized spacial score (nSPS) is 16.1. The number of carbonyl (C=O) groups is 1. The number of benzene rings is 1. The number of thioether (sulfide) groups is 1. The van der Waals surface area contributed by atoms with Crippen molar-refractivity contribution in [3.63, 3.8) is 0 Å². The van der Waals surface area contributed by atoms with E-state index in [4.69, 9.17) is 17.3 Å². The number of carbonyl (C=O) groups excluding carboxylic acids is 1. The molecule has 33 heavy (non-hydrogen) atoms. The Kier molecular flexibility index (Phi) is 7.73. The maximum absolute atomic E-state index is 13.3. The van der Waals surface area contributed by atoms with Gasteiger partial charge in [-0.25, -0.2) is 4.68 Å². The molecule has 0 N–H and O–H groups in total. The van der Waals surface area contributed by atoms with Crippen LogP contribution >= 0.6 is 24.0 Å². The SMILES string of the molecule is CCCCC(CC)CN1C(=O)/C(=C/c2cn(-c3ccccc3)nc2-c2ccncc2)SC1=S. The smallest absolute Gasteiger partial charge is 0.266 e. The van der Waals surface area contributed by atoms with Gasteiger partial charge >= 0.3 is 0 Å². The number of para-hydroxylation sites is 1. The Morgan fingerprint density at radius 1 is 1.12 bits per heavy atom. The van der Waals surface area contributed by atoms with Crippen molar-refractivity contribution in [2.75, 3.05) is 6.54 Å². The first-order valence-corrected chi connectivity index (χ1v) is 12.6. The van der Waals surface area contributed by atoms with Crippen LogP contribution in [0.15, 0.2) is 66.0 Å². The Balaban J connectivity index is 1.66. The second-order valence-corrected chi connectivity index (χ2v) is 9.83. The maximum Gasteiger partial charge on any atom is 0.266 e. The van der Waals surface area contributed by atoms with Gasteiger partial charge in [0.1, 0.15) is 10.0 Å². The predicted octanol–water partition coefficient (Wildman–Crippen LogP) is 6.35. The predicted molar refractivity (Wildman–Crippen MR) is 140 cm³/mol. The third kappa shape index (κ3) is 5.42. The van der Waals surface area contributed by atoms with Crippen LogP contribution in [0, 0.1) is 5.92 Å². The molecular formula is C26H28N4OS2. The number of amides is 1. The second kappa shape index (κ2) is 10.9. The number of rotatable bonds is 9. The van der Waals surface area contributed by atoms with Crippen molar-refractivity contribution in [2.45, 2.75) is 39.5 Å². The van der Waals surface area contributed by atoms with E-state index < -0.39 is 0 Å². The molecule has 3 heterocycles. The number of aromatic nitrogens is 3. The van der Waals surface area contributed by atoms with E-state index in [1.54, 1.807) is 17.3 Å². The summed E-state index contributed by atoms with van der Waals surface area (Å²) in [6.45, 7) is 5.08. The maximum atomic E-state index is 13.3. The van der Waals surface area contributed by atoms with Crippen LogP contribution in [0.2, 0.25) is 0 Å². The molecule has 4 rings (SSSR count). The Morgan fingerprint density at radius 3 is 2.58 bits per heavy atom. The number of unbranched alkanes of at least 4 members (excludes halogenated alkanes) is 1. The third-order valence-corrected chi connectivity index (χ3v) is 7.24. The van der Waals surface area contributed by atoms with Gasteiger partial charge < -0.3 is 0 Å². The fourth-order valence-electron chi connectivity index (χ4n) is 3.91. The molecule has 1 aliphatic rings. The number of hydrogen-bond acceptors (Lipinski definition) is 5. The highest BCUT2D eigenvalue weighted by atomic mass is 32.2. The first-order valence-electron chi connectivity index (χ1n) is 11.4.